The number of rotatable bonds is 9. The van der Waals surface area contributed by atoms with E-state index in [1.165, 1.54) is 11.3 Å². The number of hydrogen-bond donors (Lipinski definition) is 1. The number of thiophene rings is 1. The van der Waals surface area contributed by atoms with E-state index in [1.54, 1.807) is 6.07 Å². The maximum absolute atomic E-state index is 12.3. The first-order valence-electron chi connectivity index (χ1n) is 10.8. The molecule has 1 N–H and O–H groups in total. The summed E-state index contributed by atoms with van der Waals surface area (Å²) in [4.78, 5) is 26.7. The van der Waals surface area contributed by atoms with Gasteiger partial charge in [0.25, 0.3) is 0 Å². The zero-order chi connectivity index (χ0) is 22.1. The molecule has 0 saturated carbocycles. The third-order valence-electron chi connectivity index (χ3n) is 5.42. The van der Waals surface area contributed by atoms with Gasteiger partial charge in [0.1, 0.15) is 4.88 Å². The summed E-state index contributed by atoms with van der Waals surface area (Å²) in [6, 6.07) is 13.7. The molecule has 5 heteroatoms. The summed E-state index contributed by atoms with van der Waals surface area (Å²) in [5.41, 5.74) is 1.05. The summed E-state index contributed by atoms with van der Waals surface area (Å²) < 4.78 is 0. The van der Waals surface area contributed by atoms with Gasteiger partial charge in [-0.2, -0.15) is 0 Å². The Morgan fingerprint density at radius 3 is 2.84 bits per heavy atom. The minimum Gasteiger partial charge on any atom is -0.477 e. The van der Waals surface area contributed by atoms with E-state index < -0.39 is 5.97 Å². The second kappa shape index (κ2) is 11.5. The van der Waals surface area contributed by atoms with E-state index in [-0.39, 0.29) is 11.9 Å². The Bertz CT molecular complexity index is 967. The van der Waals surface area contributed by atoms with Gasteiger partial charge in [-0.25, -0.2) is 4.79 Å². The molecule has 162 valence electrons. The van der Waals surface area contributed by atoms with Gasteiger partial charge in [-0.15, -0.1) is 11.3 Å². The van der Waals surface area contributed by atoms with Crippen molar-refractivity contribution in [2.75, 3.05) is 6.54 Å². The molecule has 31 heavy (non-hydrogen) atoms. The van der Waals surface area contributed by atoms with Gasteiger partial charge in [0, 0.05) is 29.8 Å². The summed E-state index contributed by atoms with van der Waals surface area (Å²) in [6.07, 6.45) is 9.31. The van der Waals surface area contributed by atoms with E-state index in [2.05, 4.69) is 30.9 Å². The van der Waals surface area contributed by atoms with Crippen LogP contribution in [0.2, 0.25) is 0 Å². The molecular weight excluding hydrogens is 406 g/mol. The van der Waals surface area contributed by atoms with Crippen LogP contribution in [0.5, 0.6) is 0 Å². The monoisotopic (exact) mass is 435 g/mol. The number of likely N-dealkylation sites (tertiary alicyclic amines) is 1. The van der Waals surface area contributed by atoms with Gasteiger partial charge in [-0.1, -0.05) is 49.1 Å². The van der Waals surface area contributed by atoms with Crippen molar-refractivity contribution in [3.63, 3.8) is 0 Å². The molecule has 2 aromatic rings. The van der Waals surface area contributed by atoms with Crippen molar-refractivity contribution in [2.45, 2.75) is 51.5 Å². The SMILES string of the molecule is CC(CC#Cc1ccccc1)C/C=C/C1CCC(=O)N1CCCc1ccc(C(=O)O)s1. The molecule has 0 aliphatic carbocycles. The summed E-state index contributed by atoms with van der Waals surface area (Å²) in [7, 11) is 0. The van der Waals surface area contributed by atoms with Crippen molar-refractivity contribution in [2.24, 2.45) is 5.92 Å². The minimum atomic E-state index is -0.878. The molecule has 1 aromatic heterocycles. The van der Waals surface area contributed by atoms with E-state index in [0.717, 1.165) is 42.5 Å². The minimum absolute atomic E-state index is 0.174. The highest BCUT2D eigenvalue weighted by Crippen LogP contribution is 2.23. The van der Waals surface area contributed by atoms with Gasteiger partial charge in [-0.3, -0.25) is 4.79 Å². The molecule has 0 bridgehead atoms. The smallest absolute Gasteiger partial charge is 0.345 e. The zero-order valence-corrected chi connectivity index (χ0v) is 18.7. The molecule has 1 amide bonds. The highest BCUT2D eigenvalue weighted by Gasteiger charge is 2.28. The van der Waals surface area contributed by atoms with Gasteiger partial charge in [0.05, 0.1) is 6.04 Å². The second-order valence-electron chi connectivity index (χ2n) is 8.01. The van der Waals surface area contributed by atoms with E-state index in [9.17, 15) is 9.59 Å². The van der Waals surface area contributed by atoms with Crippen molar-refractivity contribution in [1.82, 2.24) is 4.90 Å². The number of hydrogen-bond acceptors (Lipinski definition) is 3. The normalized spacial score (nSPS) is 17.0. The molecule has 2 atom stereocenters. The number of aryl methyl sites for hydroxylation is 1. The Morgan fingerprint density at radius 1 is 1.29 bits per heavy atom. The largest absolute Gasteiger partial charge is 0.477 e. The fourth-order valence-electron chi connectivity index (χ4n) is 3.70. The average Bonchev–Trinajstić information content (AvgIpc) is 3.37. The predicted molar refractivity (Wildman–Crippen MR) is 125 cm³/mol. The Kier molecular flexibility index (Phi) is 8.49. The van der Waals surface area contributed by atoms with Crippen LogP contribution in [0.25, 0.3) is 0 Å². The standard InChI is InChI=1S/C26H29NO3S/c1-20(8-5-12-21-10-3-2-4-11-21)9-6-13-22-15-18-25(28)27(22)19-7-14-23-16-17-24(31-23)26(29)30/h2-4,6,10-11,13,16-17,20,22H,7-9,14-15,18-19H2,1H3,(H,29,30)/b13-6+. The first-order chi connectivity index (χ1) is 15.0. The Labute approximate surface area is 188 Å². The van der Waals surface area contributed by atoms with Crippen molar-refractivity contribution >= 4 is 23.2 Å². The molecule has 1 saturated heterocycles. The van der Waals surface area contributed by atoms with Crippen LogP contribution >= 0.6 is 11.3 Å². The molecule has 2 unspecified atom stereocenters. The number of carbonyl (C=O) groups is 2. The van der Waals surface area contributed by atoms with Crippen LogP contribution in [-0.4, -0.2) is 34.5 Å². The van der Waals surface area contributed by atoms with E-state index in [4.69, 9.17) is 5.11 Å². The molecular formula is C26H29NO3S. The van der Waals surface area contributed by atoms with Crippen molar-refractivity contribution in [3.8, 4) is 11.8 Å². The molecule has 4 nitrogen and oxygen atoms in total. The zero-order valence-electron chi connectivity index (χ0n) is 17.9. The molecule has 1 aliphatic rings. The quantitative estimate of drug-likeness (QED) is 0.424. The highest BCUT2D eigenvalue weighted by atomic mass is 32.1. The summed E-state index contributed by atoms with van der Waals surface area (Å²) in [5.74, 6) is 6.28. The molecule has 1 aromatic carbocycles. The Balaban J connectivity index is 1.42. The first-order valence-corrected chi connectivity index (χ1v) is 11.7. The fourth-order valence-corrected chi connectivity index (χ4v) is 4.59. The third-order valence-corrected chi connectivity index (χ3v) is 6.56. The third kappa shape index (κ3) is 7.11. The van der Waals surface area contributed by atoms with Crippen LogP contribution < -0.4 is 0 Å². The van der Waals surface area contributed by atoms with Gasteiger partial charge < -0.3 is 10.0 Å². The highest BCUT2D eigenvalue weighted by molar-refractivity contribution is 7.13. The number of carboxylic acid groups (broad SMARTS) is 1. The number of nitrogens with zero attached hydrogens (tertiary/aromatic N) is 1. The maximum atomic E-state index is 12.3. The average molecular weight is 436 g/mol. The van der Waals surface area contributed by atoms with Gasteiger partial charge in [0.15, 0.2) is 0 Å². The first kappa shape index (κ1) is 22.8. The topological polar surface area (TPSA) is 57.6 Å². The molecule has 0 spiro atoms. The maximum Gasteiger partial charge on any atom is 0.345 e. The van der Waals surface area contributed by atoms with Crippen LogP contribution in [0.1, 0.15) is 59.1 Å². The Hall–Kier alpha value is -2.84. The van der Waals surface area contributed by atoms with Crippen LogP contribution in [0.15, 0.2) is 54.6 Å². The summed E-state index contributed by atoms with van der Waals surface area (Å²) in [6.45, 7) is 2.92. The van der Waals surface area contributed by atoms with Crippen LogP contribution in [0.3, 0.4) is 0 Å². The molecule has 0 radical (unpaired) electrons. The fraction of sp³-hybridized carbons (Fsp3) is 0.385. The van der Waals surface area contributed by atoms with Crippen LogP contribution in [0, 0.1) is 17.8 Å². The van der Waals surface area contributed by atoms with Crippen LogP contribution in [-0.2, 0) is 11.2 Å². The summed E-state index contributed by atoms with van der Waals surface area (Å²) in [5, 5.41) is 9.03. The number of carboxylic acids is 1. The lowest BCUT2D eigenvalue weighted by molar-refractivity contribution is -0.128. The number of allylic oxidation sites excluding steroid dienone is 1. The van der Waals surface area contributed by atoms with Crippen molar-refractivity contribution in [1.29, 1.82) is 0 Å². The molecule has 1 aliphatic heterocycles. The van der Waals surface area contributed by atoms with E-state index in [0.29, 0.717) is 23.8 Å². The van der Waals surface area contributed by atoms with E-state index >= 15 is 0 Å². The number of aromatic carboxylic acids is 1. The lowest BCUT2D eigenvalue weighted by atomic mass is 10.0. The Morgan fingerprint density at radius 2 is 2.10 bits per heavy atom. The van der Waals surface area contributed by atoms with Gasteiger partial charge >= 0.3 is 5.97 Å². The van der Waals surface area contributed by atoms with E-state index in [1.807, 2.05) is 41.3 Å². The van der Waals surface area contributed by atoms with Crippen molar-refractivity contribution < 1.29 is 14.7 Å². The summed E-state index contributed by atoms with van der Waals surface area (Å²) >= 11 is 1.32. The van der Waals surface area contributed by atoms with Crippen LogP contribution in [0.4, 0.5) is 0 Å². The van der Waals surface area contributed by atoms with Crippen molar-refractivity contribution in [3.05, 3.63) is 69.9 Å². The molecule has 3 rings (SSSR count). The van der Waals surface area contributed by atoms with Gasteiger partial charge in [0.2, 0.25) is 5.91 Å². The number of amides is 1. The number of carbonyl (C=O) groups excluding carboxylic acids is 1. The predicted octanol–water partition coefficient (Wildman–Crippen LogP) is 5.39. The molecule has 2 heterocycles. The second-order valence-corrected chi connectivity index (χ2v) is 9.18. The lowest BCUT2D eigenvalue weighted by Gasteiger charge is -2.22. The molecule has 1 fully saturated rings. The van der Waals surface area contributed by atoms with Gasteiger partial charge in [-0.05, 0) is 55.9 Å². The number of benzene rings is 1. The lowest BCUT2D eigenvalue weighted by Crippen LogP contribution is -2.32.